The molecule has 0 bridgehead atoms. The van der Waals surface area contributed by atoms with E-state index >= 15 is 0 Å². The molecule has 0 heterocycles. The number of rotatable bonds is 13. The summed E-state index contributed by atoms with van der Waals surface area (Å²) in [4.78, 5) is 27.3. The van der Waals surface area contributed by atoms with E-state index in [1.165, 1.54) is 12.0 Å². The number of aliphatic hydroxyl groups is 1. The van der Waals surface area contributed by atoms with Crippen molar-refractivity contribution in [1.29, 1.82) is 0 Å². The highest BCUT2D eigenvalue weighted by atomic mass is 16.5. The van der Waals surface area contributed by atoms with Gasteiger partial charge in [-0.05, 0) is 0 Å². The normalized spacial score (nSPS) is 10.3. The average Bonchev–Trinajstić information content (AvgIpc) is 2.61. The molecule has 0 saturated heterocycles. The third kappa shape index (κ3) is 8.28. The summed E-state index contributed by atoms with van der Waals surface area (Å²) >= 11 is 0. The smallest absolute Gasteiger partial charge is 0.252 e. The first-order valence-electron chi connectivity index (χ1n) is 7.83. The highest BCUT2D eigenvalue weighted by molar-refractivity contribution is 5.93. The summed E-state index contributed by atoms with van der Waals surface area (Å²) in [5, 5.41) is 9.02. The van der Waals surface area contributed by atoms with Crippen LogP contribution in [0.5, 0.6) is 0 Å². The monoisotopic (exact) mass is 348 g/mol. The Morgan fingerprint density at radius 1 is 0.920 bits per heavy atom. The first-order valence-corrected chi connectivity index (χ1v) is 7.83. The number of amides is 2. The number of hydrogen-bond acceptors (Lipinski definition) is 4. The van der Waals surface area contributed by atoms with Crippen molar-refractivity contribution in [3.63, 3.8) is 0 Å². The molecule has 0 spiro atoms. The molecular weight excluding hydrogens is 320 g/mol. The van der Waals surface area contributed by atoms with Gasteiger partial charge in [-0.15, -0.1) is 13.2 Å². The first kappa shape index (κ1) is 22.6. The van der Waals surface area contributed by atoms with Crippen molar-refractivity contribution < 1.29 is 19.4 Å². The molecule has 0 unspecified atom stereocenters. The number of nitrogens with zero attached hydrogens (tertiary/aromatic N) is 2. The molecule has 0 aromatic carbocycles. The fourth-order valence-electron chi connectivity index (χ4n) is 1.95. The third-order valence-electron chi connectivity index (χ3n) is 3.21. The molecule has 0 radical (unpaired) electrons. The van der Waals surface area contributed by atoms with Crippen LogP contribution >= 0.6 is 0 Å². The Kier molecular flexibility index (Phi) is 11.7. The number of carbonyl (C=O) groups excluding carboxylic acids is 2. The maximum Gasteiger partial charge on any atom is 0.252 e. The minimum atomic E-state index is -0.389. The van der Waals surface area contributed by atoms with Crippen LogP contribution in [0.3, 0.4) is 0 Å². The zero-order valence-electron chi connectivity index (χ0n) is 14.9. The van der Waals surface area contributed by atoms with E-state index in [4.69, 9.17) is 9.84 Å². The Bertz CT molecular complexity index is 538. The van der Waals surface area contributed by atoms with Crippen molar-refractivity contribution in [3.05, 3.63) is 61.8 Å². The summed E-state index contributed by atoms with van der Waals surface area (Å²) < 4.78 is 4.92. The molecule has 0 aliphatic rings. The largest absolute Gasteiger partial charge is 0.391 e. The van der Waals surface area contributed by atoms with E-state index in [2.05, 4.69) is 26.3 Å². The van der Waals surface area contributed by atoms with Crippen molar-refractivity contribution in [1.82, 2.24) is 9.80 Å². The van der Waals surface area contributed by atoms with Crippen LogP contribution in [-0.2, 0) is 14.3 Å². The quantitative estimate of drug-likeness (QED) is 0.403. The molecule has 138 valence electrons. The maximum atomic E-state index is 12.2. The van der Waals surface area contributed by atoms with Crippen molar-refractivity contribution in [3.8, 4) is 0 Å². The fraction of sp³-hybridized carbons (Fsp3) is 0.368. The van der Waals surface area contributed by atoms with Crippen molar-refractivity contribution in [2.24, 2.45) is 0 Å². The van der Waals surface area contributed by atoms with Crippen LogP contribution in [0.1, 0.15) is 0 Å². The van der Waals surface area contributed by atoms with E-state index in [1.807, 2.05) is 0 Å². The van der Waals surface area contributed by atoms with E-state index < -0.39 is 0 Å². The Hall–Kier alpha value is -2.44. The minimum absolute atomic E-state index is 0.120. The SMILES string of the molecule is C=CCN(C/C=C/CN(CC=C)C(=O)C(=C)COC)C(=O)C(=C)CO. The third-order valence-corrected chi connectivity index (χ3v) is 3.21. The van der Waals surface area contributed by atoms with Gasteiger partial charge in [0.1, 0.15) is 0 Å². The van der Waals surface area contributed by atoms with Gasteiger partial charge in [0.25, 0.3) is 11.8 Å². The Labute approximate surface area is 150 Å². The average molecular weight is 348 g/mol. The van der Waals surface area contributed by atoms with Crippen LogP contribution in [0.4, 0.5) is 0 Å². The Morgan fingerprint density at radius 3 is 1.72 bits per heavy atom. The van der Waals surface area contributed by atoms with E-state index in [-0.39, 0.29) is 30.6 Å². The molecule has 0 atom stereocenters. The van der Waals surface area contributed by atoms with Gasteiger partial charge in [0.2, 0.25) is 0 Å². The lowest BCUT2D eigenvalue weighted by atomic mass is 10.2. The van der Waals surface area contributed by atoms with Crippen LogP contribution in [0, 0.1) is 0 Å². The highest BCUT2D eigenvalue weighted by Crippen LogP contribution is 2.03. The Morgan fingerprint density at radius 2 is 1.36 bits per heavy atom. The first-order chi connectivity index (χ1) is 11.9. The maximum absolute atomic E-state index is 12.2. The molecule has 0 aromatic rings. The fourth-order valence-corrected chi connectivity index (χ4v) is 1.95. The molecular formula is C19H28N2O4. The lowest BCUT2D eigenvalue weighted by Gasteiger charge is -2.21. The second kappa shape index (κ2) is 12.9. The molecule has 0 aromatic heterocycles. The number of hydrogen-bond donors (Lipinski definition) is 1. The van der Waals surface area contributed by atoms with Crippen LogP contribution in [0.2, 0.25) is 0 Å². The molecule has 6 nitrogen and oxygen atoms in total. The summed E-state index contributed by atoms with van der Waals surface area (Å²) in [5.74, 6) is -0.543. The van der Waals surface area contributed by atoms with Gasteiger partial charge in [-0.2, -0.15) is 0 Å². The molecule has 0 fully saturated rings. The molecule has 0 aliphatic heterocycles. The van der Waals surface area contributed by atoms with Crippen LogP contribution in [0.25, 0.3) is 0 Å². The van der Waals surface area contributed by atoms with Gasteiger partial charge in [-0.3, -0.25) is 9.59 Å². The highest BCUT2D eigenvalue weighted by Gasteiger charge is 2.15. The summed E-state index contributed by atoms with van der Waals surface area (Å²) in [6.07, 6.45) is 6.78. The standard InChI is InChI=1S/C19H28N2O4/c1-6-10-20(18(23)16(3)14-22)12-8-9-13-21(11-7-2)19(24)17(4)15-25-5/h6-9,22H,1-4,10-15H2,5H3/b9-8+. The predicted octanol–water partition coefficient (Wildman–Crippen LogP) is 1.32. The second-order valence-corrected chi connectivity index (χ2v) is 5.27. The lowest BCUT2D eigenvalue weighted by Crippen LogP contribution is -2.34. The van der Waals surface area contributed by atoms with E-state index in [0.29, 0.717) is 31.8 Å². The van der Waals surface area contributed by atoms with Gasteiger partial charge in [-0.25, -0.2) is 0 Å². The van der Waals surface area contributed by atoms with Crippen LogP contribution in [0.15, 0.2) is 61.8 Å². The van der Waals surface area contributed by atoms with Crippen molar-refractivity contribution >= 4 is 11.8 Å². The molecule has 0 saturated carbocycles. The summed E-state index contributed by atoms with van der Waals surface area (Å²) in [6, 6.07) is 0. The number of aliphatic hydroxyl groups excluding tert-OH is 1. The van der Waals surface area contributed by atoms with E-state index in [9.17, 15) is 9.59 Å². The van der Waals surface area contributed by atoms with Gasteiger partial charge < -0.3 is 19.6 Å². The van der Waals surface area contributed by atoms with E-state index in [0.717, 1.165) is 0 Å². The predicted molar refractivity (Wildman–Crippen MR) is 99.9 cm³/mol. The molecule has 6 heteroatoms. The molecule has 0 aliphatic carbocycles. The van der Waals surface area contributed by atoms with Gasteiger partial charge in [0.05, 0.1) is 13.2 Å². The van der Waals surface area contributed by atoms with Gasteiger partial charge in [-0.1, -0.05) is 37.5 Å². The number of carbonyl (C=O) groups is 2. The molecule has 1 N–H and O–H groups in total. The summed E-state index contributed by atoms with van der Waals surface area (Å²) in [5.41, 5.74) is 0.482. The lowest BCUT2D eigenvalue weighted by molar-refractivity contribution is -0.127. The second-order valence-electron chi connectivity index (χ2n) is 5.27. The van der Waals surface area contributed by atoms with Gasteiger partial charge >= 0.3 is 0 Å². The van der Waals surface area contributed by atoms with Gasteiger partial charge in [0, 0.05) is 44.4 Å². The molecule has 2 amide bonds. The molecule has 25 heavy (non-hydrogen) atoms. The minimum Gasteiger partial charge on any atom is -0.391 e. The number of methoxy groups -OCH3 is 1. The zero-order valence-corrected chi connectivity index (χ0v) is 14.9. The van der Waals surface area contributed by atoms with E-state index in [1.54, 1.807) is 29.2 Å². The Balaban J connectivity index is 4.79. The number of ether oxygens (including phenoxy) is 1. The molecule has 0 rings (SSSR count). The summed E-state index contributed by atoms with van der Waals surface area (Å²) in [6.45, 7) is 15.7. The van der Waals surface area contributed by atoms with Crippen LogP contribution < -0.4 is 0 Å². The van der Waals surface area contributed by atoms with Crippen LogP contribution in [-0.4, -0.2) is 73.2 Å². The summed E-state index contributed by atoms with van der Waals surface area (Å²) in [7, 11) is 1.50. The van der Waals surface area contributed by atoms with Gasteiger partial charge in [0.15, 0.2) is 0 Å². The zero-order chi connectivity index (χ0) is 19.2. The van der Waals surface area contributed by atoms with Crippen molar-refractivity contribution in [2.45, 2.75) is 0 Å². The van der Waals surface area contributed by atoms with Crippen molar-refractivity contribution in [2.75, 3.05) is 46.5 Å². The topological polar surface area (TPSA) is 70.1 Å².